The first kappa shape index (κ1) is 22.2. The van der Waals surface area contributed by atoms with Gasteiger partial charge in [-0.3, -0.25) is 4.79 Å². The topological polar surface area (TPSA) is 148 Å². The molecule has 1 aromatic heterocycles. The molecule has 0 bridgehead atoms. The van der Waals surface area contributed by atoms with E-state index in [9.17, 15) is 9.59 Å². The highest BCUT2D eigenvalue weighted by molar-refractivity contribution is 5.95. The Balaban J connectivity index is 1.09. The SMILES string of the molecule is CC(=O)c1ccc(NC(=O)N[C@H]2CO[C@H]3[C@@H]2OC[C@@H]3n2nnnc2Oc2ccc3c(c2)OCO3)cc1. The lowest BCUT2D eigenvalue weighted by Crippen LogP contribution is -2.45. The molecular formula is C23H22N6O7. The van der Waals surface area contributed by atoms with E-state index >= 15 is 0 Å². The van der Waals surface area contributed by atoms with E-state index in [1.54, 1.807) is 42.5 Å². The third kappa shape index (κ3) is 4.18. The van der Waals surface area contributed by atoms with Gasteiger partial charge in [-0.1, -0.05) is 5.10 Å². The molecule has 186 valence electrons. The molecule has 3 aromatic rings. The van der Waals surface area contributed by atoms with E-state index in [2.05, 4.69) is 26.2 Å². The summed E-state index contributed by atoms with van der Waals surface area (Å²) >= 11 is 0. The van der Waals surface area contributed by atoms with Crippen molar-refractivity contribution in [3.05, 3.63) is 48.0 Å². The number of carbonyl (C=O) groups excluding carboxylic acids is 2. The molecule has 13 heteroatoms. The third-order valence-corrected chi connectivity index (χ3v) is 6.22. The van der Waals surface area contributed by atoms with Gasteiger partial charge < -0.3 is 34.3 Å². The predicted octanol–water partition coefficient (Wildman–Crippen LogP) is 1.93. The average Bonchev–Trinajstić information content (AvgIpc) is 3.65. The van der Waals surface area contributed by atoms with Crippen molar-refractivity contribution in [2.24, 2.45) is 0 Å². The molecule has 0 radical (unpaired) electrons. The number of aromatic nitrogens is 4. The number of tetrazole rings is 1. The second kappa shape index (κ2) is 9.09. The van der Waals surface area contributed by atoms with Crippen molar-refractivity contribution >= 4 is 17.5 Å². The lowest BCUT2D eigenvalue weighted by Gasteiger charge is -2.18. The monoisotopic (exact) mass is 494 g/mol. The van der Waals surface area contributed by atoms with Crippen LogP contribution in [0.15, 0.2) is 42.5 Å². The minimum atomic E-state index is -0.402. The molecule has 36 heavy (non-hydrogen) atoms. The molecule has 0 saturated carbocycles. The number of carbonyl (C=O) groups is 2. The van der Waals surface area contributed by atoms with E-state index in [-0.39, 0.29) is 56.1 Å². The molecular weight excluding hydrogens is 472 g/mol. The summed E-state index contributed by atoms with van der Waals surface area (Å²) in [5.41, 5.74) is 1.14. The smallest absolute Gasteiger partial charge is 0.341 e. The van der Waals surface area contributed by atoms with Crippen LogP contribution >= 0.6 is 0 Å². The summed E-state index contributed by atoms with van der Waals surface area (Å²) in [5, 5.41) is 17.5. The van der Waals surface area contributed by atoms with Crippen LogP contribution in [-0.4, -0.2) is 70.3 Å². The van der Waals surface area contributed by atoms with Crippen molar-refractivity contribution in [2.45, 2.75) is 31.2 Å². The summed E-state index contributed by atoms with van der Waals surface area (Å²) in [7, 11) is 0. The van der Waals surface area contributed by atoms with Gasteiger partial charge in [-0.05, 0) is 53.7 Å². The maximum absolute atomic E-state index is 12.5. The summed E-state index contributed by atoms with van der Waals surface area (Å²) in [6, 6.07) is 10.9. The van der Waals surface area contributed by atoms with Crippen LogP contribution in [0.4, 0.5) is 10.5 Å². The minimum absolute atomic E-state index is 0.0416. The van der Waals surface area contributed by atoms with Gasteiger partial charge in [-0.15, -0.1) is 0 Å². The zero-order valence-corrected chi connectivity index (χ0v) is 19.1. The van der Waals surface area contributed by atoms with Gasteiger partial charge in [0.1, 0.15) is 24.0 Å². The van der Waals surface area contributed by atoms with Crippen molar-refractivity contribution < 1.29 is 33.3 Å². The maximum Gasteiger partial charge on any atom is 0.341 e. The Labute approximate surface area is 204 Å². The van der Waals surface area contributed by atoms with E-state index in [0.29, 0.717) is 28.5 Å². The van der Waals surface area contributed by atoms with Gasteiger partial charge in [-0.25, -0.2) is 4.79 Å². The fraction of sp³-hybridized carbons (Fsp3) is 0.348. The summed E-state index contributed by atoms with van der Waals surface area (Å²) < 4.78 is 30.1. The van der Waals surface area contributed by atoms with E-state index in [1.807, 2.05) is 0 Å². The summed E-state index contributed by atoms with van der Waals surface area (Å²) in [5.74, 6) is 1.67. The first-order valence-corrected chi connectivity index (χ1v) is 11.3. The Bertz CT molecular complexity index is 1300. The second-order valence-electron chi connectivity index (χ2n) is 8.52. The van der Waals surface area contributed by atoms with Crippen LogP contribution in [0.5, 0.6) is 23.3 Å². The summed E-state index contributed by atoms with van der Waals surface area (Å²) in [4.78, 5) is 24.0. The van der Waals surface area contributed by atoms with Crippen molar-refractivity contribution in [3.63, 3.8) is 0 Å². The predicted molar refractivity (Wildman–Crippen MR) is 121 cm³/mol. The zero-order valence-electron chi connectivity index (χ0n) is 19.1. The first-order chi connectivity index (χ1) is 17.5. The van der Waals surface area contributed by atoms with Gasteiger partial charge in [0.15, 0.2) is 17.3 Å². The minimum Gasteiger partial charge on any atom is -0.454 e. The molecule has 0 spiro atoms. The molecule has 2 fully saturated rings. The van der Waals surface area contributed by atoms with Crippen LogP contribution < -0.4 is 24.8 Å². The third-order valence-electron chi connectivity index (χ3n) is 6.22. The van der Waals surface area contributed by atoms with Crippen LogP contribution in [0.1, 0.15) is 23.3 Å². The number of hydrogen-bond donors (Lipinski definition) is 2. The Morgan fingerprint density at radius 3 is 2.67 bits per heavy atom. The highest BCUT2D eigenvalue weighted by Gasteiger charge is 2.50. The van der Waals surface area contributed by atoms with E-state index < -0.39 is 6.03 Å². The number of Topliss-reactive ketones (excluding diaryl/α,β-unsaturated/α-hetero) is 1. The van der Waals surface area contributed by atoms with E-state index in [1.165, 1.54) is 11.6 Å². The number of rotatable bonds is 6. The number of anilines is 1. The Hall–Kier alpha value is -4.23. The molecule has 2 N–H and O–H groups in total. The Kier molecular flexibility index (Phi) is 5.62. The molecule has 2 amide bonds. The molecule has 4 atom stereocenters. The molecule has 0 unspecified atom stereocenters. The van der Waals surface area contributed by atoms with Gasteiger partial charge in [0.2, 0.25) is 6.79 Å². The molecule has 4 heterocycles. The number of benzene rings is 2. The highest BCUT2D eigenvalue weighted by Crippen LogP contribution is 2.38. The van der Waals surface area contributed by atoms with Crippen LogP contribution in [0.25, 0.3) is 0 Å². The zero-order chi connectivity index (χ0) is 24.6. The van der Waals surface area contributed by atoms with Crippen molar-refractivity contribution in [1.29, 1.82) is 0 Å². The van der Waals surface area contributed by atoms with Gasteiger partial charge in [-0.2, -0.15) is 4.68 Å². The second-order valence-corrected chi connectivity index (χ2v) is 8.52. The Morgan fingerprint density at radius 1 is 1.03 bits per heavy atom. The normalized spacial score (nSPS) is 23.8. The maximum atomic E-state index is 12.5. The van der Waals surface area contributed by atoms with Crippen LogP contribution in [0.2, 0.25) is 0 Å². The van der Waals surface area contributed by atoms with Gasteiger partial charge >= 0.3 is 12.0 Å². The number of amides is 2. The summed E-state index contributed by atoms with van der Waals surface area (Å²) in [6.07, 6.45) is -0.767. The molecule has 3 aliphatic rings. The fourth-order valence-corrected chi connectivity index (χ4v) is 4.44. The molecule has 6 rings (SSSR count). The molecule has 3 aliphatic heterocycles. The van der Waals surface area contributed by atoms with Crippen molar-refractivity contribution in [2.75, 3.05) is 25.3 Å². The molecule has 2 aromatic carbocycles. The number of nitrogens with zero attached hydrogens (tertiary/aromatic N) is 4. The lowest BCUT2D eigenvalue weighted by atomic mass is 10.1. The van der Waals surface area contributed by atoms with Gasteiger partial charge in [0, 0.05) is 17.3 Å². The number of fused-ring (bicyclic) bond motifs is 2. The molecule has 13 nitrogen and oxygen atoms in total. The molecule has 2 saturated heterocycles. The number of ether oxygens (including phenoxy) is 5. The lowest BCUT2D eigenvalue weighted by molar-refractivity contribution is 0.0613. The molecule has 0 aliphatic carbocycles. The quantitative estimate of drug-likeness (QED) is 0.487. The van der Waals surface area contributed by atoms with Crippen molar-refractivity contribution in [1.82, 2.24) is 25.5 Å². The van der Waals surface area contributed by atoms with Gasteiger partial charge in [0.05, 0.1) is 19.3 Å². The highest BCUT2D eigenvalue weighted by atomic mass is 16.7. The summed E-state index contributed by atoms with van der Waals surface area (Å²) in [6.45, 7) is 2.20. The number of nitrogens with one attached hydrogen (secondary N) is 2. The van der Waals surface area contributed by atoms with Gasteiger partial charge in [0.25, 0.3) is 0 Å². The Morgan fingerprint density at radius 2 is 1.83 bits per heavy atom. The van der Waals surface area contributed by atoms with E-state index in [0.717, 1.165) is 0 Å². The van der Waals surface area contributed by atoms with E-state index in [4.69, 9.17) is 23.7 Å². The number of urea groups is 1. The van der Waals surface area contributed by atoms with Crippen LogP contribution in [0, 0.1) is 0 Å². The standard InChI is InChI=1S/C23H22N6O7/c1-12(30)13-2-4-14(5-3-13)24-22(31)25-16-9-32-21-17(10-33-20(16)21)29-23(26-27-28-29)36-15-6-7-18-19(8-15)35-11-34-18/h2-8,16-17,20-21H,9-11H2,1H3,(H2,24,25,31)/t16-,17-,20+,21+/m0/s1. The van der Waals surface area contributed by atoms with Crippen LogP contribution in [0.3, 0.4) is 0 Å². The number of ketones is 1. The van der Waals surface area contributed by atoms with Crippen LogP contribution in [-0.2, 0) is 9.47 Å². The largest absolute Gasteiger partial charge is 0.454 e. The van der Waals surface area contributed by atoms with Crippen molar-refractivity contribution in [3.8, 4) is 23.3 Å². The first-order valence-electron chi connectivity index (χ1n) is 11.3. The average molecular weight is 494 g/mol. The fourth-order valence-electron chi connectivity index (χ4n) is 4.44. The number of hydrogen-bond acceptors (Lipinski definition) is 10.